The van der Waals surface area contributed by atoms with Crippen molar-refractivity contribution in [2.45, 2.75) is 18.9 Å². The lowest BCUT2D eigenvalue weighted by Crippen LogP contribution is -2.36. The first-order chi connectivity index (χ1) is 9.61. The zero-order valence-corrected chi connectivity index (χ0v) is 13.4. The van der Waals surface area contributed by atoms with E-state index in [-0.39, 0.29) is 11.9 Å². The molecule has 1 aromatic rings. The van der Waals surface area contributed by atoms with Gasteiger partial charge in [-0.1, -0.05) is 22.0 Å². The van der Waals surface area contributed by atoms with Gasteiger partial charge >= 0.3 is 0 Å². The number of ether oxygens (including phenoxy) is 1. The second kappa shape index (κ2) is 7.50. The molecule has 0 amide bonds. The van der Waals surface area contributed by atoms with Gasteiger partial charge in [0.25, 0.3) is 0 Å². The van der Waals surface area contributed by atoms with Crippen molar-refractivity contribution < 1.29 is 9.13 Å². The monoisotopic (exact) mass is 344 g/mol. The van der Waals surface area contributed by atoms with Crippen LogP contribution in [0.2, 0.25) is 0 Å². The van der Waals surface area contributed by atoms with Crippen LogP contribution in [0.25, 0.3) is 0 Å². The van der Waals surface area contributed by atoms with Crippen molar-refractivity contribution in [3.63, 3.8) is 0 Å². The molecular weight excluding hydrogens is 323 g/mol. The van der Waals surface area contributed by atoms with Crippen LogP contribution in [0.5, 0.6) is 0 Å². The quantitative estimate of drug-likeness (QED) is 0.892. The lowest BCUT2D eigenvalue weighted by Gasteiger charge is -2.33. The van der Waals surface area contributed by atoms with E-state index in [9.17, 15) is 4.39 Å². The van der Waals surface area contributed by atoms with Crippen LogP contribution >= 0.6 is 15.9 Å². The van der Waals surface area contributed by atoms with Gasteiger partial charge < -0.3 is 10.5 Å². The molecule has 0 spiro atoms. The Labute approximate surface area is 128 Å². The Bertz CT molecular complexity index is 438. The smallest absolute Gasteiger partial charge is 0.124 e. The number of halogens is 2. The summed E-state index contributed by atoms with van der Waals surface area (Å²) in [4.78, 5) is 2.27. The minimum atomic E-state index is -0.233. The van der Waals surface area contributed by atoms with E-state index in [2.05, 4.69) is 27.9 Å². The van der Waals surface area contributed by atoms with Gasteiger partial charge in [-0.25, -0.2) is 4.39 Å². The lowest BCUT2D eigenvalue weighted by molar-refractivity contribution is 0.0507. The maximum atomic E-state index is 13.2. The van der Waals surface area contributed by atoms with E-state index in [1.54, 1.807) is 0 Å². The summed E-state index contributed by atoms with van der Waals surface area (Å²) >= 11 is 3.44. The molecule has 0 aliphatic carbocycles. The number of nitrogens with two attached hydrogens (primary N) is 1. The average Bonchev–Trinajstić information content (AvgIpc) is 2.43. The molecule has 5 heteroatoms. The fourth-order valence-corrected chi connectivity index (χ4v) is 3.39. The van der Waals surface area contributed by atoms with Gasteiger partial charge in [0.05, 0.1) is 0 Å². The molecule has 1 aliphatic heterocycles. The lowest BCUT2D eigenvalue weighted by atomic mass is 9.98. The first-order valence-corrected chi connectivity index (χ1v) is 7.84. The Morgan fingerprint density at radius 2 is 2.15 bits per heavy atom. The summed E-state index contributed by atoms with van der Waals surface area (Å²) < 4.78 is 19.4. The van der Waals surface area contributed by atoms with Crippen molar-refractivity contribution in [1.29, 1.82) is 0 Å². The Morgan fingerprint density at radius 1 is 1.45 bits per heavy atom. The van der Waals surface area contributed by atoms with E-state index >= 15 is 0 Å². The van der Waals surface area contributed by atoms with Crippen LogP contribution in [0.15, 0.2) is 22.7 Å². The first-order valence-electron chi connectivity index (χ1n) is 7.04. The maximum Gasteiger partial charge on any atom is 0.124 e. The van der Waals surface area contributed by atoms with Gasteiger partial charge in [0.1, 0.15) is 5.82 Å². The van der Waals surface area contributed by atoms with Crippen molar-refractivity contribution in [2.75, 3.05) is 33.4 Å². The molecule has 1 aromatic carbocycles. The summed E-state index contributed by atoms with van der Waals surface area (Å²) in [5.41, 5.74) is 6.98. The molecule has 3 nitrogen and oxygen atoms in total. The van der Waals surface area contributed by atoms with Crippen LogP contribution in [0.3, 0.4) is 0 Å². The van der Waals surface area contributed by atoms with E-state index in [0.29, 0.717) is 12.5 Å². The van der Waals surface area contributed by atoms with Gasteiger partial charge in [-0.15, -0.1) is 0 Å². The van der Waals surface area contributed by atoms with Crippen molar-refractivity contribution in [1.82, 2.24) is 4.90 Å². The fourth-order valence-electron chi connectivity index (χ4n) is 2.78. The third-order valence-corrected chi connectivity index (χ3v) is 4.65. The molecule has 1 unspecified atom stereocenters. The molecule has 0 saturated carbocycles. The van der Waals surface area contributed by atoms with E-state index in [0.717, 1.165) is 42.6 Å². The molecule has 112 valence electrons. The highest BCUT2D eigenvalue weighted by atomic mass is 79.9. The van der Waals surface area contributed by atoms with Crippen molar-refractivity contribution in [3.8, 4) is 0 Å². The van der Waals surface area contributed by atoms with E-state index in [1.165, 1.54) is 12.1 Å². The molecule has 1 saturated heterocycles. The molecule has 2 rings (SSSR count). The van der Waals surface area contributed by atoms with Crippen LogP contribution in [0.1, 0.15) is 24.4 Å². The molecule has 0 aromatic heterocycles. The van der Waals surface area contributed by atoms with Crippen LogP contribution in [-0.2, 0) is 4.74 Å². The predicted octanol–water partition coefficient (Wildman–Crippen LogP) is 2.95. The highest BCUT2D eigenvalue weighted by Gasteiger charge is 2.22. The van der Waals surface area contributed by atoms with Gasteiger partial charge in [-0.2, -0.15) is 0 Å². The largest absolute Gasteiger partial charge is 0.381 e. The minimum Gasteiger partial charge on any atom is -0.381 e. The highest BCUT2D eigenvalue weighted by Crippen LogP contribution is 2.28. The standard InChI is InChI=1S/C15H22BrFN2O/c1-19(10-11-4-6-20-7-5-11)15(9-18)13-3-2-12(17)8-14(13)16/h2-3,8,11,15H,4-7,9-10,18H2,1H3. The zero-order valence-electron chi connectivity index (χ0n) is 11.8. The number of hydrogen-bond acceptors (Lipinski definition) is 3. The van der Waals surface area contributed by atoms with E-state index < -0.39 is 0 Å². The fraction of sp³-hybridized carbons (Fsp3) is 0.600. The summed E-state index contributed by atoms with van der Waals surface area (Å²) in [6, 6.07) is 4.91. The van der Waals surface area contributed by atoms with Gasteiger partial charge in [-0.3, -0.25) is 4.90 Å². The molecule has 0 bridgehead atoms. The van der Waals surface area contributed by atoms with Crippen LogP contribution in [-0.4, -0.2) is 38.3 Å². The van der Waals surface area contributed by atoms with Crippen molar-refractivity contribution in [2.24, 2.45) is 11.7 Å². The second-order valence-electron chi connectivity index (χ2n) is 5.41. The van der Waals surface area contributed by atoms with Gasteiger partial charge in [0.15, 0.2) is 0 Å². The normalized spacial score (nSPS) is 18.4. The Hall–Kier alpha value is -0.490. The van der Waals surface area contributed by atoms with Gasteiger partial charge in [0, 0.05) is 36.8 Å². The molecule has 1 fully saturated rings. The Morgan fingerprint density at radius 3 is 2.75 bits per heavy atom. The molecule has 1 atom stereocenters. The van der Waals surface area contributed by atoms with E-state index in [4.69, 9.17) is 10.5 Å². The summed E-state index contributed by atoms with van der Waals surface area (Å²) in [5.74, 6) is 0.422. The summed E-state index contributed by atoms with van der Waals surface area (Å²) in [6.07, 6.45) is 2.21. The first kappa shape index (κ1) is 15.9. The Kier molecular flexibility index (Phi) is 5.96. The topological polar surface area (TPSA) is 38.5 Å². The van der Waals surface area contributed by atoms with Gasteiger partial charge in [-0.05, 0) is 43.5 Å². The minimum absolute atomic E-state index is 0.104. The van der Waals surface area contributed by atoms with Crippen LogP contribution < -0.4 is 5.73 Å². The number of hydrogen-bond donors (Lipinski definition) is 1. The number of rotatable bonds is 5. The maximum absolute atomic E-state index is 13.2. The number of likely N-dealkylation sites (N-methyl/N-ethyl adjacent to an activating group) is 1. The summed E-state index contributed by atoms with van der Waals surface area (Å²) in [6.45, 7) is 3.22. The molecule has 1 aliphatic rings. The zero-order chi connectivity index (χ0) is 14.5. The number of nitrogens with zero attached hydrogens (tertiary/aromatic N) is 1. The predicted molar refractivity (Wildman–Crippen MR) is 82.1 cm³/mol. The van der Waals surface area contributed by atoms with E-state index in [1.807, 2.05) is 6.07 Å². The second-order valence-corrected chi connectivity index (χ2v) is 6.27. The Balaban J connectivity index is 2.06. The molecule has 20 heavy (non-hydrogen) atoms. The molecular formula is C15H22BrFN2O. The average molecular weight is 345 g/mol. The van der Waals surface area contributed by atoms with Crippen molar-refractivity contribution in [3.05, 3.63) is 34.1 Å². The van der Waals surface area contributed by atoms with Crippen molar-refractivity contribution >= 4 is 15.9 Å². The summed E-state index contributed by atoms with van der Waals surface area (Å²) in [5, 5.41) is 0. The molecule has 2 N–H and O–H groups in total. The molecule has 0 radical (unpaired) electrons. The SMILES string of the molecule is CN(CC1CCOCC1)C(CN)c1ccc(F)cc1Br. The van der Waals surface area contributed by atoms with Gasteiger partial charge in [0.2, 0.25) is 0 Å². The third kappa shape index (κ3) is 4.01. The summed E-state index contributed by atoms with van der Waals surface area (Å²) in [7, 11) is 2.09. The number of benzene rings is 1. The van der Waals surface area contributed by atoms with Crippen LogP contribution in [0, 0.1) is 11.7 Å². The van der Waals surface area contributed by atoms with Crippen LogP contribution in [0.4, 0.5) is 4.39 Å². The highest BCUT2D eigenvalue weighted by molar-refractivity contribution is 9.10. The third-order valence-electron chi connectivity index (χ3n) is 3.96. The molecule has 1 heterocycles.